The van der Waals surface area contributed by atoms with Gasteiger partial charge in [-0.3, -0.25) is 0 Å². The quantitative estimate of drug-likeness (QED) is 0.818. The summed E-state index contributed by atoms with van der Waals surface area (Å²) in [5.41, 5.74) is -0.420. The number of nitrogens with zero attached hydrogens (tertiary/aromatic N) is 1. The number of thioether (sulfide) groups is 1. The smallest absolute Gasteiger partial charge is 0.410 e. The highest BCUT2D eigenvalue weighted by Crippen LogP contribution is 2.16. The predicted octanol–water partition coefficient (Wildman–Crippen LogP) is 3.12. The van der Waals surface area contributed by atoms with Crippen LogP contribution in [0.25, 0.3) is 0 Å². The molecule has 1 unspecified atom stereocenters. The summed E-state index contributed by atoms with van der Waals surface area (Å²) in [5.74, 6) is 2.48. The summed E-state index contributed by atoms with van der Waals surface area (Å²) in [6, 6.07) is 0.607. The van der Waals surface area contributed by atoms with Gasteiger partial charge in [-0.05, 0) is 45.8 Å². The van der Waals surface area contributed by atoms with Crippen LogP contribution in [0.5, 0.6) is 0 Å². The van der Waals surface area contributed by atoms with Crippen LogP contribution in [0.4, 0.5) is 4.79 Å². The number of carbonyl (C=O) groups excluding carboxylic acids is 1. The van der Waals surface area contributed by atoms with E-state index in [9.17, 15) is 4.79 Å². The Balaban J connectivity index is 2.32. The first-order chi connectivity index (χ1) is 9.42. The number of hydrogen-bond donors (Lipinski definition) is 1. The molecule has 1 fully saturated rings. The Morgan fingerprint density at radius 2 is 2.15 bits per heavy atom. The molecule has 0 spiro atoms. The summed E-state index contributed by atoms with van der Waals surface area (Å²) in [7, 11) is 0. The molecule has 1 atom stereocenters. The van der Waals surface area contributed by atoms with Gasteiger partial charge in [0, 0.05) is 31.4 Å². The van der Waals surface area contributed by atoms with Gasteiger partial charge in [-0.15, -0.1) is 0 Å². The van der Waals surface area contributed by atoms with E-state index in [0.29, 0.717) is 6.04 Å². The van der Waals surface area contributed by atoms with Gasteiger partial charge in [-0.25, -0.2) is 4.79 Å². The second kappa shape index (κ2) is 8.78. The van der Waals surface area contributed by atoms with Crippen molar-refractivity contribution in [2.24, 2.45) is 0 Å². The standard InChI is InChI=1S/C15H30N2O2S/c1-5-9-17(14(18)19-15(2,3)4)10-8-16-13-7-6-11-20-12-13/h13,16H,5-12H2,1-4H3. The van der Waals surface area contributed by atoms with Gasteiger partial charge in [0.05, 0.1) is 0 Å². The van der Waals surface area contributed by atoms with Gasteiger partial charge < -0.3 is 15.0 Å². The van der Waals surface area contributed by atoms with E-state index < -0.39 is 5.60 Å². The number of hydrogen-bond acceptors (Lipinski definition) is 4. The van der Waals surface area contributed by atoms with Crippen molar-refractivity contribution in [1.29, 1.82) is 0 Å². The van der Waals surface area contributed by atoms with Crippen LogP contribution in [-0.2, 0) is 4.74 Å². The van der Waals surface area contributed by atoms with Gasteiger partial charge in [-0.2, -0.15) is 11.8 Å². The van der Waals surface area contributed by atoms with Crippen molar-refractivity contribution in [3.8, 4) is 0 Å². The largest absolute Gasteiger partial charge is 0.444 e. The Morgan fingerprint density at radius 3 is 2.70 bits per heavy atom. The third-order valence-corrected chi connectivity index (χ3v) is 4.34. The maximum atomic E-state index is 12.1. The van der Waals surface area contributed by atoms with Crippen molar-refractivity contribution in [1.82, 2.24) is 10.2 Å². The highest BCUT2D eigenvalue weighted by atomic mass is 32.2. The van der Waals surface area contributed by atoms with Gasteiger partial charge >= 0.3 is 6.09 Å². The van der Waals surface area contributed by atoms with E-state index in [1.165, 1.54) is 24.3 Å². The molecule has 0 bridgehead atoms. The second-order valence-electron chi connectivity index (χ2n) is 6.34. The first-order valence-corrected chi connectivity index (χ1v) is 8.87. The van der Waals surface area contributed by atoms with Crippen LogP contribution in [0.1, 0.15) is 47.0 Å². The van der Waals surface area contributed by atoms with Gasteiger partial charge in [-0.1, -0.05) is 6.92 Å². The lowest BCUT2D eigenvalue weighted by molar-refractivity contribution is 0.0251. The molecule has 1 heterocycles. The summed E-state index contributed by atoms with van der Waals surface area (Å²) in [6.45, 7) is 10.2. The third kappa shape index (κ3) is 7.39. The molecule has 118 valence electrons. The van der Waals surface area contributed by atoms with Crippen LogP contribution in [0.2, 0.25) is 0 Å². The molecule has 0 aromatic heterocycles. The van der Waals surface area contributed by atoms with Crippen LogP contribution >= 0.6 is 11.8 Å². The summed E-state index contributed by atoms with van der Waals surface area (Å²) in [6.07, 6.45) is 3.32. The Morgan fingerprint density at radius 1 is 1.40 bits per heavy atom. The third-order valence-electron chi connectivity index (χ3n) is 3.12. The van der Waals surface area contributed by atoms with Crippen molar-refractivity contribution in [2.45, 2.75) is 58.6 Å². The molecule has 1 aliphatic rings. The van der Waals surface area contributed by atoms with Crippen molar-refractivity contribution >= 4 is 17.9 Å². The minimum Gasteiger partial charge on any atom is -0.444 e. The minimum absolute atomic E-state index is 0.195. The van der Waals surface area contributed by atoms with Crippen LogP contribution in [0, 0.1) is 0 Å². The lowest BCUT2D eigenvalue weighted by Crippen LogP contribution is -2.43. The van der Waals surface area contributed by atoms with Crippen LogP contribution in [0.15, 0.2) is 0 Å². The molecule has 1 amide bonds. The number of nitrogens with one attached hydrogen (secondary N) is 1. The minimum atomic E-state index is -0.420. The fourth-order valence-electron chi connectivity index (χ4n) is 2.20. The zero-order valence-electron chi connectivity index (χ0n) is 13.4. The molecule has 20 heavy (non-hydrogen) atoms. The van der Waals surface area contributed by atoms with Gasteiger partial charge in [0.2, 0.25) is 0 Å². The topological polar surface area (TPSA) is 41.6 Å². The van der Waals surface area contributed by atoms with Crippen molar-refractivity contribution in [3.05, 3.63) is 0 Å². The Hall–Kier alpha value is -0.420. The van der Waals surface area contributed by atoms with E-state index in [4.69, 9.17) is 4.74 Å². The van der Waals surface area contributed by atoms with E-state index in [1.54, 1.807) is 0 Å². The fourth-order valence-corrected chi connectivity index (χ4v) is 3.30. The first kappa shape index (κ1) is 17.6. The Bertz CT molecular complexity index is 286. The van der Waals surface area contributed by atoms with Crippen LogP contribution in [-0.4, -0.2) is 53.8 Å². The molecular weight excluding hydrogens is 272 g/mol. The van der Waals surface area contributed by atoms with Crippen LogP contribution < -0.4 is 5.32 Å². The summed E-state index contributed by atoms with van der Waals surface area (Å²) in [4.78, 5) is 13.9. The Kier molecular flexibility index (Phi) is 7.74. The SMILES string of the molecule is CCCN(CCNC1CCCSC1)C(=O)OC(C)(C)C. The molecule has 4 nitrogen and oxygen atoms in total. The fraction of sp³-hybridized carbons (Fsp3) is 0.933. The number of amides is 1. The maximum absolute atomic E-state index is 12.1. The summed E-state index contributed by atoms with van der Waals surface area (Å²) < 4.78 is 5.45. The highest BCUT2D eigenvalue weighted by molar-refractivity contribution is 7.99. The van der Waals surface area contributed by atoms with Crippen molar-refractivity contribution in [3.63, 3.8) is 0 Å². The van der Waals surface area contributed by atoms with E-state index in [0.717, 1.165) is 26.1 Å². The lowest BCUT2D eigenvalue weighted by atomic mass is 10.2. The summed E-state index contributed by atoms with van der Waals surface area (Å²) >= 11 is 2.02. The molecule has 0 saturated carbocycles. The molecule has 0 aromatic rings. The average molecular weight is 302 g/mol. The molecule has 5 heteroatoms. The molecule has 0 aliphatic carbocycles. The van der Waals surface area contributed by atoms with Crippen molar-refractivity contribution < 1.29 is 9.53 Å². The monoisotopic (exact) mass is 302 g/mol. The van der Waals surface area contributed by atoms with Gasteiger partial charge in [0.15, 0.2) is 0 Å². The summed E-state index contributed by atoms with van der Waals surface area (Å²) in [5, 5.41) is 3.56. The van der Waals surface area contributed by atoms with E-state index >= 15 is 0 Å². The molecular formula is C15H30N2O2S. The zero-order chi connectivity index (χ0) is 15.0. The highest BCUT2D eigenvalue weighted by Gasteiger charge is 2.21. The molecule has 0 radical (unpaired) electrons. The van der Waals surface area contributed by atoms with Gasteiger partial charge in [0.1, 0.15) is 5.60 Å². The van der Waals surface area contributed by atoms with Crippen molar-refractivity contribution in [2.75, 3.05) is 31.1 Å². The second-order valence-corrected chi connectivity index (χ2v) is 7.49. The number of carbonyl (C=O) groups is 1. The van der Waals surface area contributed by atoms with Crippen LogP contribution in [0.3, 0.4) is 0 Å². The normalized spacial score (nSPS) is 19.7. The molecule has 0 aromatic carbocycles. The molecule has 1 N–H and O–H groups in total. The maximum Gasteiger partial charge on any atom is 0.410 e. The van der Waals surface area contributed by atoms with E-state index in [1.807, 2.05) is 37.4 Å². The van der Waals surface area contributed by atoms with E-state index in [2.05, 4.69) is 12.2 Å². The zero-order valence-corrected chi connectivity index (χ0v) is 14.2. The van der Waals surface area contributed by atoms with E-state index in [-0.39, 0.29) is 6.09 Å². The van der Waals surface area contributed by atoms with Gasteiger partial charge in [0.25, 0.3) is 0 Å². The first-order valence-electron chi connectivity index (χ1n) is 7.71. The Labute approximate surface area is 128 Å². The number of rotatable bonds is 6. The number of ether oxygens (including phenoxy) is 1. The lowest BCUT2D eigenvalue weighted by Gasteiger charge is -2.28. The molecule has 1 saturated heterocycles. The average Bonchev–Trinajstić information content (AvgIpc) is 2.37. The molecule has 1 rings (SSSR count). The molecule has 1 aliphatic heterocycles. The predicted molar refractivity (Wildman–Crippen MR) is 86.4 cm³/mol.